The molecule has 0 bridgehead atoms. The third-order valence-electron chi connectivity index (χ3n) is 4.56. The quantitative estimate of drug-likeness (QED) is 0.907. The molecule has 1 saturated carbocycles. The van der Waals surface area contributed by atoms with Gasteiger partial charge in [-0.05, 0) is 18.9 Å². The molecule has 0 spiro atoms. The molecule has 120 valence electrons. The molecule has 1 aromatic heterocycles. The fourth-order valence-electron chi connectivity index (χ4n) is 3.10. The van der Waals surface area contributed by atoms with Crippen molar-refractivity contribution in [3.8, 4) is 0 Å². The summed E-state index contributed by atoms with van der Waals surface area (Å²) in [5.74, 6) is -0.367. The third kappa shape index (κ3) is 2.74. The number of fused-ring (bicyclic) bond motifs is 1. The Kier molecular flexibility index (Phi) is 3.61. The van der Waals surface area contributed by atoms with Gasteiger partial charge in [0, 0.05) is 48.9 Å². The summed E-state index contributed by atoms with van der Waals surface area (Å²) >= 11 is 0. The van der Waals surface area contributed by atoms with Crippen molar-refractivity contribution in [3.05, 3.63) is 52.6 Å². The number of hydrogen-bond donors (Lipinski definition) is 2. The van der Waals surface area contributed by atoms with Gasteiger partial charge in [0.25, 0.3) is 5.91 Å². The smallest absolute Gasteiger partial charge is 0.275 e. The summed E-state index contributed by atoms with van der Waals surface area (Å²) in [7, 11) is 0. The third-order valence-corrected chi connectivity index (χ3v) is 4.56. The molecule has 1 aliphatic carbocycles. The van der Waals surface area contributed by atoms with Crippen LogP contribution in [0.1, 0.15) is 40.2 Å². The van der Waals surface area contributed by atoms with Crippen LogP contribution in [0.5, 0.6) is 0 Å². The van der Waals surface area contributed by atoms with E-state index in [1.165, 1.54) is 6.07 Å². The lowest BCUT2D eigenvalue weighted by atomic mass is 10.1. The van der Waals surface area contributed by atoms with E-state index in [-0.39, 0.29) is 17.8 Å². The Morgan fingerprint density at radius 1 is 1.35 bits per heavy atom. The van der Waals surface area contributed by atoms with Crippen molar-refractivity contribution in [1.82, 2.24) is 20.4 Å². The van der Waals surface area contributed by atoms with Gasteiger partial charge in [-0.15, -0.1) is 0 Å². The first-order chi connectivity index (χ1) is 11.2. The second-order valence-electron chi connectivity index (χ2n) is 6.21. The molecule has 1 amide bonds. The van der Waals surface area contributed by atoms with E-state index in [4.69, 9.17) is 0 Å². The maximum Gasteiger partial charge on any atom is 0.275 e. The number of hydrogen-bond acceptors (Lipinski definition) is 3. The van der Waals surface area contributed by atoms with Crippen molar-refractivity contribution in [2.45, 2.75) is 38.4 Å². The number of benzene rings is 1. The van der Waals surface area contributed by atoms with Crippen LogP contribution in [0.25, 0.3) is 0 Å². The van der Waals surface area contributed by atoms with Gasteiger partial charge in [-0.3, -0.25) is 9.89 Å². The molecular formula is C17H19FN4O. The van der Waals surface area contributed by atoms with Gasteiger partial charge in [0.2, 0.25) is 0 Å². The monoisotopic (exact) mass is 314 g/mol. The Bertz CT molecular complexity index is 738. The summed E-state index contributed by atoms with van der Waals surface area (Å²) in [5.41, 5.74) is 3.03. The van der Waals surface area contributed by atoms with Crippen molar-refractivity contribution in [2.24, 2.45) is 0 Å². The molecule has 2 N–H and O–H groups in total. The predicted molar refractivity (Wildman–Crippen MR) is 83.3 cm³/mol. The van der Waals surface area contributed by atoms with Crippen LogP contribution < -0.4 is 5.32 Å². The van der Waals surface area contributed by atoms with Crippen LogP contribution in [0.15, 0.2) is 24.3 Å². The number of nitrogens with zero attached hydrogens (tertiary/aromatic N) is 2. The van der Waals surface area contributed by atoms with Crippen molar-refractivity contribution in [3.63, 3.8) is 0 Å². The molecule has 2 aliphatic rings. The summed E-state index contributed by atoms with van der Waals surface area (Å²) in [6.07, 6.45) is 2.81. The fourth-order valence-corrected chi connectivity index (χ4v) is 3.10. The Labute approximate surface area is 133 Å². The van der Waals surface area contributed by atoms with E-state index in [2.05, 4.69) is 15.5 Å². The van der Waals surface area contributed by atoms with Crippen molar-refractivity contribution in [2.75, 3.05) is 6.54 Å². The standard InChI is InChI=1S/C17H19FN4O/c18-14-4-2-1-3-11(14)10-22(12-5-6-12)17(23)16-13-9-19-8-7-15(13)20-21-16/h1-4,12,19H,5-10H2,(H,20,21). The van der Waals surface area contributed by atoms with Crippen molar-refractivity contribution in [1.29, 1.82) is 0 Å². The molecule has 1 aliphatic heterocycles. The van der Waals surface area contributed by atoms with Crippen molar-refractivity contribution < 1.29 is 9.18 Å². The number of carbonyl (C=O) groups is 1. The van der Waals surface area contributed by atoms with Gasteiger partial charge in [-0.1, -0.05) is 18.2 Å². The zero-order chi connectivity index (χ0) is 15.8. The molecule has 5 nitrogen and oxygen atoms in total. The Balaban J connectivity index is 1.62. The Hall–Kier alpha value is -2.21. The van der Waals surface area contributed by atoms with Crippen LogP contribution in [0.2, 0.25) is 0 Å². The van der Waals surface area contributed by atoms with Gasteiger partial charge >= 0.3 is 0 Å². The molecule has 4 rings (SSSR count). The van der Waals surface area contributed by atoms with Crippen molar-refractivity contribution >= 4 is 5.91 Å². The van der Waals surface area contributed by atoms with E-state index in [0.717, 1.165) is 37.1 Å². The lowest BCUT2D eigenvalue weighted by molar-refractivity contribution is 0.0721. The largest absolute Gasteiger partial charge is 0.330 e. The van der Waals surface area contributed by atoms with E-state index >= 15 is 0 Å². The highest BCUT2D eigenvalue weighted by Gasteiger charge is 2.36. The summed E-state index contributed by atoms with van der Waals surface area (Å²) in [6.45, 7) is 1.85. The number of rotatable bonds is 4. The lowest BCUT2D eigenvalue weighted by Crippen LogP contribution is -2.34. The van der Waals surface area contributed by atoms with Gasteiger partial charge < -0.3 is 10.2 Å². The van der Waals surface area contributed by atoms with Gasteiger partial charge in [0.15, 0.2) is 5.69 Å². The number of halogens is 1. The fraction of sp³-hybridized carbons (Fsp3) is 0.412. The number of aromatic nitrogens is 2. The number of carbonyl (C=O) groups excluding carboxylic acids is 1. The van der Waals surface area contributed by atoms with Crippen LogP contribution in [-0.2, 0) is 19.5 Å². The summed E-state index contributed by atoms with van der Waals surface area (Å²) in [5, 5.41) is 10.5. The molecular weight excluding hydrogens is 295 g/mol. The first-order valence-electron chi connectivity index (χ1n) is 8.05. The van der Waals surface area contributed by atoms with E-state index in [0.29, 0.717) is 24.3 Å². The zero-order valence-electron chi connectivity index (χ0n) is 12.8. The minimum absolute atomic E-state index is 0.100. The summed E-state index contributed by atoms with van der Waals surface area (Å²) < 4.78 is 13.9. The predicted octanol–water partition coefficient (Wildman–Crippen LogP) is 2.00. The second kappa shape index (κ2) is 5.77. The maximum atomic E-state index is 13.9. The zero-order valence-corrected chi connectivity index (χ0v) is 12.8. The Morgan fingerprint density at radius 2 is 2.17 bits per heavy atom. The van der Waals surface area contributed by atoms with Gasteiger partial charge in [0.1, 0.15) is 5.82 Å². The number of H-pyrrole nitrogens is 1. The van der Waals surface area contributed by atoms with E-state index in [1.54, 1.807) is 23.1 Å². The summed E-state index contributed by atoms with van der Waals surface area (Å²) in [4.78, 5) is 14.7. The number of nitrogens with one attached hydrogen (secondary N) is 2. The SMILES string of the molecule is O=C(c1n[nH]c2c1CNCC2)N(Cc1ccccc1F)C1CC1. The van der Waals surface area contributed by atoms with Crippen LogP contribution in [-0.4, -0.2) is 33.6 Å². The molecule has 0 radical (unpaired) electrons. The Morgan fingerprint density at radius 3 is 2.96 bits per heavy atom. The van der Waals surface area contributed by atoms with E-state index in [1.807, 2.05) is 0 Å². The number of amides is 1. The summed E-state index contributed by atoms with van der Waals surface area (Å²) in [6, 6.07) is 6.84. The van der Waals surface area contributed by atoms with Crippen LogP contribution >= 0.6 is 0 Å². The highest BCUT2D eigenvalue weighted by Crippen LogP contribution is 2.31. The molecule has 2 heterocycles. The molecule has 1 fully saturated rings. The van der Waals surface area contributed by atoms with Gasteiger partial charge in [-0.2, -0.15) is 5.10 Å². The van der Waals surface area contributed by atoms with Crippen LogP contribution in [0.4, 0.5) is 4.39 Å². The first kappa shape index (κ1) is 14.4. The molecule has 2 aromatic rings. The first-order valence-corrected chi connectivity index (χ1v) is 8.05. The lowest BCUT2D eigenvalue weighted by Gasteiger charge is -2.23. The van der Waals surface area contributed by atoms with Crippen LogP contribution in [0.3, 0.4) is 0 Å². The average molecular weight is 314 g/mol. The van der Waals surface area contributed by atoms with Gasteiger partial charge in [0.05, 0.1) is 0 Å². The maximum absolute atomic E-state index is 13.9. The molecule has 23 heavy (non-hydrogen) atoms. The second-order valence-corrected chi connectivity index (χ2v) is 6.21. The molecule has 0 atom stereocenters. The topological polar surface area (TPSA) is 61.0 Å². The normalized spacial score (nSPS) is 16.9. The minimum atomic E-state index is -0.267. The van der Waals surface area contributed by atoms with E-state index < -0.39 is 0 Å². The van der Waals surface area contributed by atoms with E-state index in [9.17, 15) is 9.18 Å². The average Bonchev–Trinajstić information content (AvgIpc) is 3.32. The molecule has 1 aromatic carbocycles. The molecule has 0 unspecified atom stereocenters. The number of aromatic amines is 1. The highest BCUT2D eigenvalue weighted by atomic mass is 19.1. The molecule has 6 heteroatoms. The van der Waals surface area contributed by atoms with Gasteiger partial charge in [-0.25, -0.2) is 4.39 Å². The minimum Gasteiger partial charge on any atom is -0.330 e. The van der Waals surface area contributed by atoms with Crippen LogP contribution in [0, 0.1) is 5.82 Å². The highest BCUT2D eigenvalue weighted by molar-refractivity contribution is 5.94. The molecule has 0 saturated heterocycles.